The molecule has 1 N–H and O–H groups in total. The van der Waals surface area contributed by atoms with Crippen LogP contribution in [0.1, 0.15) is 45.5 Å². The highest BCUT2D eigenvalue weighted by Crippen LogP contribution is 2.40. The van der Waals surface area contributed by atoms with Crippen LogP contribution in [0.2, 0.25) is 0 Å². The number of hydrogen-bond donors (Lipinski definition) is 1. The van der Waals surface area contributed by atoms with Crippen molar-refractivity contribution >= 4 is 11.8 Å². The maximum Gasteiger partial charge on any atom is 0.253 e. The maximum absolute atomic E-state index is 13.0. The Hall–Kier alpha value is -2.69. The molecule has 0 bridgehead atoms. The molecule has 2 aromatic rings. The number of carbonyl (C=O) groups excluding carboxylic acids is 2. The second kappa shape index (κ2) is 7.05. The van der Waals surface area contributed by atoms with Crippen molar-refractivity contribution in [3.05, 3.63) is 71.0 Å². The lowest BCUT2D eigenvalue weighted by Crippen LogP contribution is -2.28. The normalized spacial score (nSPS) is 18.5. The van der Waals surface area contributed by atoms with E-state index in [9.17, 15) is 14.0 Å². The molecule has 0 heterocycles. The van der Waals surface area contributed by atoms with Crippen LogP contribution in [0.15, 0.2) is 48.5 Å². The topological polar surface area (TPSA) is 49.4 Å². The molecule has 130 valence electrons. The third kappa shape index (κ3) is 3.87. The molecule has 2 aromatic carbocycles. The molecular formula is C20H21FN2O2. The molecule has 2 atom stereocenters. The van der Waals surface area contributed by atoms with Crippen molar-refractivity contribution in [1.29, 1.82) is 0 Å². The Balaban J connectivity index is 1.64. The molecule has 3 rings (SSSR count). The number of rotatable bonds is 5. The molecule has 2 amide bonds. The van der Waals surface area contributed by atoms with Gasteiger partial charge in [-0.05, 0) is 49.2 Å². The van der Waals surface area contributed by atoms with Gasteiger partial charge < -0.3 is 10.2 Å². The quantitative estimate of drug-likeness (QED) is 0.909. The Labute approximate surface area is 146 Å². The zero-order valence-corrected chi connectivity index (χ0v) is 14.3. The zero-order chi connectivity index (χ0) is 18.0. The van der Waals surface area contributed by atoms with Crippen LogP contribution in [0.25, 0.3) is 0 Å². The first kappa shape index (κ1) is 17.1. The predicted octanol–water partition coefficient (Wildman–Crippen LogP) is 3.20. The van der Waals surface area contributed by atoms with Gasteiger partial charge >= 0.3 is 0 Å². The van der Waals surface area contributed by atoms with E-state index in [-0.39, 0.29) is 29.6 Å². The summed E-state index contributed by atoms with van der Waals surface area (Å²) in [6.07, 6.45) is 0.842. The Morgan fingerprint density at radius 3 is 2.52 bits per heavy atom. The lowest BCUT2D eigenvalue weighted by molar-refractivity contribution is 0.0802. The first-order valence-corrected chi connectivity index (χ1v) is 8.41. The molecule has 1 fully saturated rings. The Morgan fingerprint density at radius 2 is 1.84 bits per heavy atom. The highest BCUT2D eigenvalue weighted by Gasteiger charge is 2.39. The molecule has 0 radical (unpaired) electrons. The van der Waals surface area contributed by atoms with Crippen molar-refractivity contribution in [3.8, 4) is 0 Å². The van der Waals surface area contributed by atoms with E-state index in [0.717, 1.165) is 12.0 Å². The summed E-state index contributed by atoms with van der Waals surface area (Å²) in [6.45, 7) is 2.51. The van der Waals surface area contributed by atoms with E-state index < -0.39 is 0 Å². The van der Waals surface area contributed by atoms with Crippen LogP contribution in [-0.4, -0.2) is 36.3 Å². The minimum absolute atomic E-state index is 0.0515. The third-order valence-electron chi connectivity index (χ3n) is 4.60. The summed E-state index contributed by atoms with van der Waals surface area (Å²) in [6, 6.07) is 13.2. The summed E-state index contributed by atoms with van der Waals surface area (Å²) < 4.78 is 13.0. The van der Waals surface area contributed by atoms with E-state index in [0.29, 0.717) is 17.7 Å². The smallest absolute Gasteiger partial charge is 0.253 e. The van der Waals surface area contributed by atoms with Gasteiger partial charge in [0, 0.05) is 36.7 Å². The van der Waals surface area contributed by atoms with Gasteiger partial charge in [-0.15, -0.1) is 0 Å². The molecule has 0 saturated heterocycles. The van der Waals surface area contributed by atoms with Gasteiger partial charge in [-0.1, -0.05) is 18.2 Å². The largest absolute Gasteiger partial charge is 0.349 e. The van der Waals surface area contributed by atoms with Crippen molar-refractivity contribution < 1.29 is 14.0 Å². The van der Waals surface area contributed by atoms with E-state index in [4.69, 9.17) is 0 Å². The molecule has 1 aliphatic carbocycles. The standard InChI is InChI=1S/C20H21FN2O2/c1-3-23(2)20(25)15-6-4-5-14(11-15)19(24)22-18-12-17(18)13-7-9-16(21)10-8-13/h4-11,17-18H,3,12H2,1-2H3,(H,22,24)/t17-,18-/m1/s1. The van der Waals surface area contributed by atoms with Gasteiger partial charge in [-0.3, -0.25) is 9.59 Å². The van der Waals surface area contributed by atoms with Gasteiger partial charge in [0.2, 0.25) is 0 Å². The Kier molecular flexibility index (Phi) is 4.83. The second-order valence-corrected chi connectivity index (χ2v) is 6.37. The number of halogens is 1. The van der Waals surface area contributed by atoms with Crippen molar-refractivity contribution in [1.82, 2.24) is 10.2 Å². The SMILES string of the molecule is CCN(C)C(=O)c1cccc(C(=O)N[C@@H]2C[C@@H]2c2ccc(F)cc2)c1. The molecule has 0 unspecified atom stereocenters. The fourth-order valence-corrected chi connectivity index (χ4v) is 2.84. The average molecular weight is 340 g/mol. The third-order valence-corrected chi connectivity index (χ3v) is 4.60. The van der Waals surface area contributed by atoms with Gasteiger partial charge in [0.1, 0.15) is 5.82 Å². The van der Waals surface area contributed by atoms with Crippen LogP contribution >= 0.6 is 0 Å². The summed E-state index contributed by atoms with van der Waals surface area (Å²) in [5.74, 6) is -0.333. The number of carbonyl (C=O) groups is 2. The zero-order valence-electron chi connectivity index (χ0n) is 14.3. The first-order chi connectivity index (χ1) is 12.0. The number of hydrogen-bond acceptors (Lipinski definition) is 2. The van der Waals surface area contributed by atoms with Gasteiger partial charge in [-0.2, -0.15) is 0 Å². The van der Waals surface area contributed by atoms with E-state index in [1.165, 1.54) is 12.1 Å². The molecule has 1 aliphatic rings. The number of nitrogens with zero attached hydrogens (tertiary/aromatic N) is 1. The summed E-state index contributed by atoms with van der Waals surface area (Å²) >= 11 is 0. The van der Waals surface area contributed by atoms with Crippen molar-refractivity contribution in [3.63, 3.8) is 0 Å². The van der Waals surface area contributed by atoms with Crippen LogP contribution in [-0.2, 0) is 0 Å². The number of amides is 2. The van der Waals surface area contributed by atoms with Crippen LogP contribution < -0.4 is 5.32 Å². The van der Waals surface area contributed by atoms with Gasteiger partial charge in [-0.25, -0.2) is 4.39 Å². The van der Waals surface area contributed by atoms with Crippen molar-refractivity contribution in [2.24, 2.45) is 0 Å². The number of benzene rings is 2. The highest BCUT2D eigenvalue weighted by molar-refractivity contribution is 5.99. The van der Waals surface area contributed by atoms with Crippen LogP contribution in [0, 0.1) is 5.82 Å². The molecule has 5 heteroatoms. The summed E-state index contributed by atoms with van der Waals surface area (Å²) in [4.78, 5) is 26.3. The van der Waals surface area contributed by atoms with Gasteiger partial charge in [0.05, 0.1) is 0 Å². The van der Waals surface area contributed by atoms with Crippen LogP contribution in [0.3, 0.4) is 0 Å². The van der Waals surface area contributed by atoms with Crippen molar-refractivity contribution in [2.75, 3.05) is 13.6 Å². The van der Waals surface area contributed by atoms with Gasteiger partial charge in [0.25, 0.3) is 11.8 Å². The van der Waals surface area contributed by atoms with E-state index >= 15 is 0 Å². The van der Waals surface area contributed by atoms with Gasteiger partial charge in [0.15, 0.2) is 0 Å². The molecule has 0 aromatic heterocycles. The Morgan fingerprint density at radius 1 is 1.16 bits per heavy atom. The lowest BCUT2D eigenvalue weighted by atomic mass is 10.1. The summed E-state index contributed by atoms with van der Waals surface area (Å²) in [7, 11) is 1.73. The van der Waals surface area contributed by atoms with Crippen LogP contribution in [0.5, 0.6) is 0 Å². The fraction of sp³-hybridized carbons (Fsp3) is 0.300. The Bertz CT molecular complexity index is 789. The molecule has 0 aliphatic heterocycles. The van der Waals surface area contributed by atoms with E-state index in [1.807, 2.05) is 6.92 Å². The first-order valence-electron chi connectivity index (χ1n) is 8.41. The lowest BCUT2D eigenvalue weighted by Gasteiger charge is -2.15. The van der Waals surface area contributed by atoms with E-state index in [2.05, 4.69) is 5.32 Å². The monoisotopic (exact) mass is 340 g/mol. The van der Waals surface area contributed by atoms with Crippen molar-refractivity contribution in [2.45, 2.75) is 25.3 Å². The molecule has 0 spiro atoms. The molecule has 4 nitrogen and oxygen atoms in total. The molecular weight excluding hydrogens is 319 g/mol. The average Bonchev–Trinajstić information content (AvgIpc) is 3.40. The maximum atomic E-state index is 13.0. The minimum atomic E-state index is -0.261. The molecule has 1 saturated carbocycles. The highest BCUT2D eigenvalue weighted by atomic mass is 19.1. The van der Waals surface area contributed by atoms with Crippen LogP contribution in [0.4, 0.5) is 4.39 Å². The molecule has 25 heavy (non-hydrogen) atoms. The second-order valence-electron chi connectivity index (χ2n) is 6.37. The fourth-order valence-electron chi connectivity index (χ4n) is 2.84. The number of nitrogens with one attached hydrogen (secondary N) is 1. The predicted molar refractivity (Wildman–Crippen MR) is 94.1 cm³/mol. The van der Waals surface area contributed by atoms with E-state index in [1.54, 1.807) is 48.3 Å². The minimum Gasteiger partial charge on any atom is -0.349 e. The summed E-state index contributed by atoms with van der Waals surface area (Å²) in [5, 5.41) is 2.99. The summed E-state index contributed by atoms with van der Waals surface area (Å²) in [5.41, 5.74) is 2.00.